The van der Waals surface area contributed by atoms with Gasteiger partial charge in [0.25, 0.3) is 17.2 Å². The summed E-state index contributed by atoms with van der Waals surface area (Å²) in [6.07, 6.45) is 0.614. The lowest BCUT2D eigenvalue weighted by molar-refractivity contribution is -0.385. The number of H-pyrrole nitrogens is 1. The number of carbonyl (C=O) groups is 2. The predicted octanol–water partition coefficient (Wildman–Crippen LogP) is 0.608. The number of amides is 1. The fourth-order valence-corrected chi connectivity index (χ4v) is 1.91. The van der Waals surface area contributed by atoms with Gasteiger partial charge in [-0.3, -0.25) is 24.5 Å². The van der Waals surface area contributed by atoms with Gasteiger partial charge in [-0.2, -0.15) is 0 Å². The van der Waals surface area contributed by atoms with E-state index in [4.69, 9.17) is 5.11 Å². The minimum atomic E-state index is -1.08. The van der Waals surface area contributed by atoms with Crippen molar-refractivity contribution >= 4 is 17.6 Å². The first-order chi connectivity index (χ1) is 9.77. The van der Waals surface area contributed by atoms with Gasteiger partial charge in [-0.25, -0.2) is 0 Å². The number of aliphatic carboxylic acids is 1. The first kappa shape index (κ1) is 16.3. The van der Waals surface area contributed by atoms with E-state index in [1.54, 1.807) is 6.92 Å². The molecule has 1 aromatic rings. The topological polar surface area (TPSA) is 134 Å². The number of aromatic nitrogens is 1. The number of hydrogen-bond acceptors (Lipinski definition) is 5. The van der Waals surface area contributed by atoms with Gasteiger partial charge in [0, 0.05) is 18.7 Å². The van der Waals surface area contributed by atoms with Crippen LogP contribution in [-0.2, 0) is 4.79 Å². The summed E-state index contributed by atoms with van der Waals surface area (Å²) >= 11 is 0. The summed E-state index contributed by atoms with van der Waals surface area (Å²) < 4.78 is 0. The van der Waals surface area contributed by atoms with E-state index < -0.39 is 34.1 Å². The highest BCUT2D eigenvalue weighted by Gasteiger charge is 2.25. The van der Waals surface area contributed by atoms with Crippen LogP contribution in [0, 0.1) is 10.1 Å². The zero-order valence-corrected chi connectivity index (χ0v) is 11.5. The van der Waals surface area contributed by atoms with Crippen LogP contribution in [0.4, 0.5) is 5.69 Å². The molecule has 0 aromatic carbocycles. The zero-order chi connectivity index (χ0) is 16.2. The molecule has 9 nitrogen and oxygen atoms in total. The van der Waals surface area contributed by atoms with E-state index in [0.29, 0.717) is 0 Å². The van der Waals surface area contributed by atoms with Crippen molar-refractivity contribution in [1.82, 2.24) is 9.88 Å². The number of nitrogens with one attached hydrogen (secondary N) is 1. The van der Waals surface area contributed by atoms with E-state index in [0.717, 1.165) is 12.3 Å². The van der Waals surface area contributed by atoms with E-state index in [9.17, 15) is 24.5 Å². The predicted molar refractivity (Wildman–Crippen MR) is 72.1 cm³/mol. The molecule has 1 unspecified atom stereocenters. The Morgan fingerprint density at radius 3 is 2.62 bits per heavy atom. The summed E-state index contributed by atoms with van der Waals surface area (Å²) in [6, 6.07) is 0.246. The minimum absolute atomic E-state index is 0.176. The van der Waals surface area contributed by atoms with Crippen molar-refractivity contribution in [2.24, 2.45) is 0 Å². The van der Waals surface area contributed by atoms with Crippen LogP contribution in [0.1, 0.15) is 30.6 Å². The monoisotopic (exact) mass is 297 g/mol. The summed E-state index contributed by atoms with van der Waals surface area (Å²) in [5, 5.41) is 19.4. The lowest BCUT2D eigenvalue weighted by atomic mass is 10.1. The molecule has 0 saturated carbocycles. The Kier molecular flexibility index (Phi) is 5.17. The molecule has 1 amide bonds. The van der Waals surface area contributed by atoms with E-state index >= 15 is 0 Å². The molecule has 0 radical (unpaired) electrons. The van der Waals surface area contributed by atoms with E-state index in [1.165, 1.54) is 11.8 Å². The van der Waals surface area contributed by atoms with Crippen LogP contribution in [0.5, 0.6) is 0 Å². The zero-order valence-electron chi connectivity index (χ0n) is 11.5. The Morgan fingerprint density at radius 1 is 1.52 bits per heavy atom. The molecule has 0 saturated heterocycles. The van der Waals surface area contributed by atoms with Crippen LogP contribution < -0.4 is 5.56 Å². The van der Waals surface area contributed by atoms with E-state index in [1.807, 2.05) is 0 Å². The van der Waals surface area contributed by atoms with Gasteiger partial charge in [0.15, 0.2) is 0 Å². The summed E-state index contributed by atoms with van der Waals surface area (Å²) in [7, 11) is 0. The lowest BCUT2D eigenvalue weighted by Crippen LogP contribution is -2.41. The third-order valence-corrected chi connectivity index (χ3v) is 2.93. The number of rotatable bonds is 6. The minimum Gasteiger partial charge on any atom is -0.481 e. The van der Waals surface area contributed by atoms with Crippen LogP contribution in [0.3, 0.4) is 0 Å². The molecule has 0 aliphatic rings. The maximum Gasteiger partial charge on any atom is 0.305 e. The van der Waals surface area contributed by atoms with Gasteiger partial charge in [0.05, 0.1) is 17.5 Å². The molecule has 21 heavy (non-hydrogen) atoms. The third kappa shape index (κ3) is 3.88. The van der Waals surface area contributed by atoms with Crippen molar-refractivity contribution in [2.75, 3.05) is 6.54 Å². The maximum absolute atomic E-state index is 12.3. The second-order valence-electron chi connectivity index (χ2n) is 4.40. The van der Waals surface area contributed by atoms with Gasteiger partial charge in [-0.05, 0) is 13.8 Å². The van der Waals surface area contributed by atoms with Gasteiger partial charge >= 0.3 is 5.97 Å². The fourth-order valence-electron chi connectivity index (χ4n) is 1.91. The summed E-state index contributed by atoms with van der Waals surface area (Å²) in [5.41, 5.74) is -1.56. The van der Waals surface area contributed by atoms with Crippen molar-refractivity contribution in [3.63, 3.8) is 0 Å². The molecule has 114 valence electrons. The molecule has 1 aromatic heterocycles. The molecule has 0 aliphatic heterocycles. The average molecular weight is 297 g/mol. The Hall–Kier alpha value is -2.71. The fraction of sp³-hybridized carbons (Fsp3) is 0.417. The Labute approximate surface area is 119 Å². The SMILES string of the molecule is CCN(C(=O)c1cc([N+](=O)[O-])c[nH]c1=O)C(C)CC(=O)O. The molecule has 0 aliphatic carbocycles. The molecule has 0 bridgehead atoms. The Bertz CT molecular complexity index is 624. The number of carbonyl (C=O) groups excluding carboxylic acids is 1. The molecule has 0 fully saturated rings. The van der Waals surface area contributed by atoms with Crippen LogP contribution in [0.2, 0.25) is 0 Å². The number of aromatic amines is 1. The highest BCUT2D eigenvalue weighted by molar-refractivity contribution is 5.94. The number of nitrogens with zero attached hydrogens (tertiary/aromatic N) is 2. The smallest absolute Gasteiger partial charge is 0.305 e. The highest BCUT2D eigenvalue weighted by Crippen LogP contribution is 2.13. The summed E-state index contributed by atoms with van der Waals surface area (Å²) in [4.78, 5) is 47.9. The lowest BCUT2D eigenvalue weighted by Gasteiger charge is -2.26. The van der Waals surface area contributed by atoms with Crippen LogP contribution in [0.15, 0.2) is 17.1 Å². The number of carboxylic acid groups (broad SMARTS) is 1. The van der Waals surface area contributed by atoms with Crippen molar-refractivity contribution in [1.29, 1.82) is 0 Å². The molecule has 0 spiro atoms. The second kappa shape index (κ2) is 6.64. The highest BCUT2D eigenvalue weighted by atomic mass is 16.6. The first-order valence-corrected chi connectivity index (χ1v) is 6.17. The summed E-state index contributed by atoms with van der Waals surface area (Å²) in [5.74, 6) is -1.82. The number of nitro groups is 1. The molecule has 9 heteroatoms. The molecular weight excluding hydrogens is 282 g/mol. The standard InChI is InChI=1S/C12H15N3O6/c1-3-14(7(2)4-10(16)17)12(19)9-5-8(15(20)21)6-13-11(9)18/h5-7H,3-4H2,1-2H3,(H,13,18)(H,16,17). The number of hydrogen-bond donors (Lipinski definition) is 2. The molecule has 1 heterocycles. The number of carboxylic acids is 1. The Balaban J connectivity index is 3.16. The number of pyridine rings is 1. The van der Waals surface area contributed by atoms with Crippen molar-refractivity contribution in [3.8, 4) is 0 Å². The molecule has 1 rings (SSSR count). The first-order valence-electron chi connectivity index (χ1n) is 6.17. The van der Waals surface area contributed by atoms with Gasteiger partial charge in [0.2, 0.25) is 0 Å². The molecular formula is C12H15N3O6. The van der Waals surface area contributed by atoms with Crippen molar-refractivity contribution < 1.29 is 19.6 Å². The van der Waals surface area contributed by atoms with Gasteiger partial charge < -0.3 is 15.0 Å². The van der Waals surface area contributed by atoms with Gasteiger partial charge in [0.1, 0.15) is 5.56 Å². The second-order valence-corrected chi connectivity index (χ2v) is 4.40. The van der Waals surface area contributed by atoms with E-state index in [2.05, 4.69) is 4.98 Å². The Morgan fingerprint density at radius 2 is 2.14 bits per heavy atom. The van der Waals surface area contributed by atoms with Crippen LogP contribution in [-0.4, -0.2) is 44.4 Å². The normalized spacial score (nSPS) is 11.7. The third-order valence-electron chi connectivity index (χ3n) is 2.93. The average Bonchev–Trinajstić information content (AvgIpc) is 2.38. The van der Waals surface area contributed by atoms with Crippen molar-refractivity contribution in [2.45, 2.75) is 26.3 Å². The van der Waals surface area contributed by atoms with E-state index in [-0.39, 0.29) is 18.5 Å². The van der Waals surface area contributed by atoms with Crippen LogP contribution >= 0.6 is 0 Å². The largest absolute Gasteiger partial charge is 0.481 e. The van der Waals surface area contributed by atoms with Crippen molar-refractivity contribution in [3.05, 3.63) is 38.3 Å². The van der Waals surface area contributed by atoms with Gasteiger partial charge in [-0.15, -0.1) is 0 Å². The van der Waals surface area contributed by atoms with Gasteiger partial charge in [-0.1, -0.05) is 0 Å². The quantitative estimate of drug-likeness (QED) is 0.583. The summed E-state index contributed by atoms with van der Waals surface area (Å²) in [6.45, 7) is 3.33. The molecule has 2 N–H and O–H groups in total. The van der Waals surface area contributed by atoms with Crippen LogP contribution in [0.25, 0.3) is 0 Å². The maximum atomic E-state index is 12.3. The molecule has 1 atom stereocenters.